The molecule has 0 N–H and O–H groups in total. The molecule has 7 rings (SSSR count). The van der Waals surface area contributed by atoms with Crippen molar-refractivity contribution in [3.63, 3.8) is 0 Å². The van der Waals surface area contributed by atoms with Crippen LogP contribution in [-0.2, 0) is 20.1 Å². The first-order chi connectivity index (χ1) is 16.4. The number of nitrogens with zero attached hydrogens (tertiary/aromatic N) is 4. The molecule has 1 radical (unpaired) electrons. The van der Waals surface area contributed by atoms with Gasteiger partial charge in [0.15, 0.2) is 0 Å². The van der Waals surface area contributed by atoms with Gasteiger partial charge in [0.1, 0.15) is 6.33 Å². The Hall–Kier alpha value is -3.27. The van der Waals surface area contributed by atoms with Crippen molar-refractivity contribution in [1.82, 2.24) is 18.9 Å². The van der Waals surface area contributed by atoms with Crippen molar-refractivity contribution in [1.29, 1.82) is 0 Å². The van der Waals surface area contributed by atoms with Crippen LogP contribution >= 0.6 is 0 Å². The number of benzene rings is 4. The molecule has 3 aromatic heterocycles. The second-order valence-corrected chi connectivity index (χ2v) is 9.87. The Labute approximate surface area is 217 Å². The quantitative estimate of drug-likeness (QED) is 0.141. The monoisotopic (exact) mass is 634 g/mol. The fourth-order valence-corrected chi connectivity index (χ4v) is 6.20. The Morgan fingerprint density at radius 3 is 2.26 bits per heavy atom. The van der Waals surface area contributed by atoms with Gasteiger partial charge in [-0.2, -0.15) is 0 Å². The Kier molecular flexibility index (Phi) is 4.67. The number of rotatable bonds is 1. The summed E-state index contributed by atoms with van der Waals surface area (Å²) in [5.74, 6) is 0. The normalized spacial score (nSPS) is 12.1. The Morgan fingerprint density at radius 2 is 1.51 bits per heavy atom. The molecule has 3 heterocycles. The van der Waals surface area contributed by atoms with E-state index in [1.165, 1.54) is 71.6 Å². The van der Waals surface area contributed by atoms with Gasteiger partial charge in [0.05, 0.1) is 22.4 Å². The second kappa shape index (κ2) is 7.36. The van der Waals surface area contributed by atoms with Crippen LogP contribution in [0.25, 0.3) is 54.8 Å². The molecule has 0 amide bonds. The minimum absolute atomic E-state index is 0. The molecule has 4 aromatic carbocycles. The Bertz CT molecular complexity index is 1950. The topological polar surface area (TPSA) is 35.1 Å². The summed E-state index contributed by atoms with van der Waals surface area (Å²) in [5.41, 5.74) is 13.2. The maximum atomic E-state index is 5.05. The average molecular weight is 634 g/mol. The van der Waals surface area contributed by atoms with Crippen molar-refractivity contribution in [2.24, 2.45) is 0 Å². The van der Waals surface area contributed by atoms with Gasteiger partial charge in [0, 0.05) is 43.4 Å². The van der Waals surface area contributed by atoms with Gasteiger partial charge in [-0.05, 0) is 68.3 Å². The van der Waals surface area contributed by atoms with E-state index < -0.39 is 0 Å². The van der Waals surface area contributed by atoms with Crippen molar-refractivity contribution in [2.75, 3.05) is 0 Å². The van der Waals surface area contributed by atoms with Crippen molar-refractivity contribution in [2.45, 2.75) is 41.5 Å². The number of imidazole rings is 2. The molecule has 0 spiro atoms. The molecular formula is C30H25IrN4-. The van der Waals surface area contributed by atoms with Crippen LogP contribution in [0.15, 0.2) is 43.0 Å². The molecule has 175 valence electrons. The summed E-state index contributed by atoms with van der Waals surface area (Å²) in [6.07, 6.45) is 5.98. The summed E-state index contributed by atoms with van der Waals surface area (Å²) < 4.78 is 4.55. The van der Waals surface area contributed by atoms with E-state index >= 15 is 0 Å². The van der Waals surface area contributed by atoms with Gasteiger partial charge in [-0.1, -0.05) is 40.8 Å². The summed E-state index contributed by atoms with van der Waals surface area (Å²) in [4.78, 5) is 9.79. The molecule has 0 aliphatic rings. The zero-order valence-electron chi connectivity index (χ0n) is 20.7. The number of pyridine rings is 1. The summed E-state index contributed by atoms with van der Waals surface area (Å²) in [5, 5.41) is 6.00. The molecule has 0 aliphatic carbocycles. The predicted octanol–water partition coefficient (Wildman–Crippen LogP) is 7.22. The zero-order valence-corrected chi connectivity index (χ0v) is 23.1. The van der Waals surface area contributed by atoms with E-state index in [0.717, 1.165) is 16.6 Å². The first-order valence-corrected chi connectivity index (χ1v) is 11.8. The van der Waals surface area contributed by atoms with Crippen molar-refractivity contribution in [3.05, 3.63) is 82.4 Å². The van der Waals surface area contributed by atoms with E-state index in [0.29, 0.717) is 0 Å². The predicted molar refractivity (Wildman–Crippen MR) is 141 cm³/mol. The first kappa shape index (κ1) is 22.2. The molecule has 0 aliphatic heterocycles. The van der Waals surface area contributed by atoms with Gasteiger partial charge in [0.25, 0.3) is 0 Å². The van der Waals surface area contributed by atoms with Gasteiger partial charge in [0.2, 0.25) is 0 Å². The smallest absolute Gasteiger partial charge is 0.100 e. The third kappa shape index (κ3) is 2.71. The average Bonchev–Trinajstić information content (AvgIpc) is 3.43. The number of fused-ring (bicyclic) bond motifs is 6. The molecule has 0 bridgehead atoms. The van der Waals surface area contributed by atoms with E-state index in [1.54, 1.807) is 0 Å². The maximum Gasteiger partial charge on any atom is 0.100 e. The van der Waals surface area contributed by atoms with Gasteiger partial charge >= 0.3 is 0 Å². The number of aromatic nitrogens is 4. The number of aryl methyl sites for hydroxylation is 6. The van der Waals surface area contributed by atoms with Crippen LogP contribution in [0.5, 0.6) is 0 Å². The van der Waals surface area contributed by atoms with Crippen molar-refractivity contribution >= 4 is 49.1 Å². The van der Waals surface area contributed by atoms with E-state index in [9.17, 15) is 0 Å². The maximum absolute atomic E-state index is 5.05. The van der Waals surface area contributed by atoms with E-state index in [2.05, 4.69) is 87.0 Å². The molecule has 0 atom stereocenters. The van der Waals surface area contributed by atoms with Gasteiger partial charge in [-0.15, -0.1) is 17.7 Å². The fourth-order valence-electron chi connectivity index (χ4n) is 6.20. The van der Waals surface area contributed by atoms with Crippen molar-refractivity contribution in [3.8, 4) is 5.69 Å². The minimum atomic E-state index is 0. The second-order valence-electron chi connectivity index (χ2n) is 9.87. The van der Waals surface area contributed by atoms with Crippen LogP contribution in [0.2, 0.25) is 0 Å². The van der Waals surface area contributed by atoms with Crippen LogP contribution in [-0.4, -0.2) is 18.9 Å². The fraction of sp³-hybridized carbons (Fsp3) is 0.200. The van der Waals surface area contributed by atoms with E-state index in [1.807, 2.05) is 12.5 Å². The molecule has 0 saturated heterocycles. The van der Waals surface area contributed by atoms with Crippen LogP contribution < -0.4 is 0 Å². The zero-order chi connectivity index (χ0) is 23.5. The largest absolute Gasteiger partial charge is 0.340 e. The summed E-state index contributed by atoms with van der Waals surface area (Å²) in [6.45, 7) is 13.2. The number of hydrogen-bond acceptors (Lipinski definition) is 2. The van der Waals surface area contributed by atoms with Gasteiger partial charge < -0.3 is 4.40 Å². The van der Waals surface area contributed by atoms with E-state index in [-0.39, 0.29) is 20.1 Å². The first-order valence-electron chi connectivity index (χ1n) is 11.8. The van der Waals surface area contributed by atoms with Crippen LogP contribution in [0, 0.1) is 47.6 Å². The molecular weight excluding hydrogens is 609 g/mol. The minimum Gasteiger partial charge on any atom is -0.340 e. The van der Waals surface area contributed by atoms with Gasteiger partial charge in [-0.3, -0.25) is 9.55 Å². The van der Waals surface area contributed by atoms with Crippen molar-refractivity contribution < 1.29 is 20.1 Å². The third-order valence-corrected chi connectivity index (χ3v) is 7.63. The molecule has 0 fully saturated rings. The molecule has 7 aromatic rings. The SMILES string of the molecule is Cc1cc(C)c(-n2cnc3c4c(C)c[c-]c5c4c4c(cc(C)c(C)c4n4ccnc54)c32)c(C)c1.[Ir]. The summed E-state index contributed by atoms with van der Waals surface area (Å²) in [7, 11) is 0. The summed E-state index contributed by atoms with van der Waals surface area (Å²) >= 11 is 0. The van der Waals surface area contributed by atoms with Gasteiger partial charge in [-0.25, -0.2) is 4.98 Å². The molecule has 4 nitrogen and oxygen atoms in total. The molecule has 0 saturated carbocycles. The molecule has 0 unspecified atom stereocenters. The number of hydrogen-bond donors (Lipinski definition) is 0. The molecule has 5 heteroatoms. The Morgan fingerprint density at radius 1 is 0.771 bits per heavy atom. The van der Waals surface area contributed by atoms with Crippen LogP contribution in [0.3, 0.4) is 0 Å². The third-order valence-electron chi connectivity index (χ3n) is 7.63. The van der Waals surface area contributed by atoms with E-state index in [4.69, 9.17) is 9.97 Å². The van der Waals surface area contributed by atoms with Crippen LogP contribution in [0.1, 0.15) is 33.4 Å². The Balaban J connectivity index is 0.00000229. The van der Waals surface area contributed by atoms with Crippen LogP contribution in [0.4, 0.5) is 0 Å². The standard InChI is InChI=1S/C30H25N4.Ir/c1-15-11-18(4)27(19(5)12-15)34-14-32-26-23-16(2)7-8-21-24(23)25-22(29(26)34)13-17(3)20(6)28(25)33-10-9-31-30(21)33;/h7,9-14H,1-6H3;/q-1;. The molecule has 35 heavy (non-hydrogen) atoms. The summed E-state index contributed by atoms with van der Waals surface area (Å²) in [6, 6.07) is 12.5.